The van der Waals surface area contributed by atoms with E-state index < -0.39 is 11.9 Å². The standard InChI is InChI=1S/C14H17N3O.C4H4O4/c1-9(15)8-17-14-6-10-5-11(18-2)3-4-12(10)13(14)7-16-17;5-3(6)1-2-4(7)8/h3,5-7,9H,4,8,15H2,1-2H3;1-2H,(H,5,6)(H,7,8). The Morgan fingerprint density at radius 1 is 1.35 bits per heavy atom. The van der Waals surface area contributed by atoms with Gasteiger partial charge in [0.2, 0.25) is 0 Å². The highest BCUT2D eigenvalue weighted by Gasteiger charge is 2.18. The van der Waals surface area contributed by atoms with Crippen LogP contribution in [0, 0.1) is 0 Å². The number of fused-ring (bicyclic) bond motifs is 2. The molecule has 0 aliphatic heterocycles. The maximum Gasteiger partial charge on any atom is 0.328 e. The van der Waals surface area contributed by atoms with Crippen LogP contribution < -0.4 is 16.3 Å². The van der Waals surface area contributed by atoms with Crippen molar-refractivity contribution in [3.05, 3.63) is 52.4 Å². The molecule has 1 atom stereocenters. The van der Waals surface area contributed by atoms with Crippen molar-refractivity contribution in [3.63, 3.8) is 0 Å². The molecular formula is C18H21N3O5. The lowest BCUT2D eigenvalue weighted by Gasteiger charge is -2.11. The molecule has 1 aromatic rings. The first-order valence-electron chi connectivity index (χ1n) is 7.94. The molecule has 1 aromatic heterocycles. The van der Waals surface area contributed by atoms with Gasteiger partial charge >= 0.3 is 11.9 Å². The maximum atomic E-state index is 9.55. The van der Waals surface area contributed by atoms with Crippen molar-refractivity contribution in [3.8, 4) is 0 Å². The quantitative estimate of drug-likeness (QED) is 0.618. The van der Waals surface area contributed by atoms with Gasteiger partial charge in [0.05, 0.1) is 25.2 Å². The fourth-order valence-corrected chi connectivity index (χ4v) is 2.64. The van der Waals surface area contributed by atoms with Crippen LogP contribution in [0.1, 0.15) is 13.3 Å². The van der Waals surface area contributed by atoms with E-state index in [0.717, 1.165) is 18.7 Å². The minimum absolute atomic E-state index is 0.108. The van der Waals surface area contributed by atoms with Crippen LogP contribution in [-0.4, -0.2) is 45.1 Å². The Balaban J connectivity index is 0.000000260. The highest BCUT2D eigenvalue weighted by molar-refractivity contribution is 5.89. The summed E-state index contributed by atoms with van der Waals surface area (Å²) in [7, 11) is 1.70. The first-order valence-corrected chi connectivity index (χ1v) is 7.94. The van der Waals surface area contributed by atoms with Crippen LogP contribution in [0.5, 0.6) is 0 Å². The number of hydrogen-bond acceptors (Lipinski definition) is 5. The summed E-state index contributed by atoms with van der Waals surface area (Å²) in [5, 5.41) is 22.4. The average Bonchev–Trinajstić information content (AvgIpc) is 3.12. The number of carboxylic acid groups (broad SMARTS) is 2. The molecule has 0 aromatic carbocycles. The van der Waals surface area contributed by atoms with Gasteiger partial charge in [-0.05, 0) is 42.7 Å². The molecule has 0 saturated heterocycles. The monoisotopic (exact) mass is 359 g/mol. The number of hydrogen-bond donors (Lipinski definition) is 3. The molecule has 138 valence electrons. The van der Waals surface area contributed by atoms with Crippen molar-refractivity contribution in [1.82, 2.24) is 9.78 Å². The number of allylic oxidation sites excluding steroid dienone is 3. The Morgan fingerprint density at radius 2 is 2.00 bits per heavy atom. The lowest BCUT2D eigenvalue weighted by Crippen LogP contribution is -2.33. The van der Waals surface area contributed by atoms with Gasteiger partial charge in [0, 0.05) is 23.4 Å². The fraction of sp³-hybridized carbons (Fsp3) is 0.278. The van der Waals surface area contributed by atoms with Crippen molar-refractivity contribution in [2.45, 2.75) is 25.9 Å². The van der Waals surface area contributed by atoms with Crippen molar-refractivity contribution in [2.24, 2.45) is 5.73 Å². The van der Waals surface area contributed by atoms with Crippen LogP contribution >= 0.6 is 0 Å². The largest absolute Gasteiger partial charge is 0.497 e. The summed E-state index contributed by atoms with van der Waals surface area (Å²) < 4.78 is 7.26. The number of nitrogens with zero attached hydrogens (tertiary/aromatic N) is 2. The van der Waals surface area contributed by atoms with Gasteiger partial charge in [0.25, 0.3) is 0 Å². The third-order valence-electron chi connectivity index (χ3n) is 3.72. The van der Waals surface area contributed by atoms with E-state index in [0.29, 0.717) is 12.2 Å². The lowest BCUT2D eigenvalue weighted by molar-refractivity contribution is -0.134. The van der Waals surface area contributed by atoms with Gasteiger partial charge in [0.1, 0.15) is 5.76 Å². The molecule has 1 unspecified atom stereocenters. The zero-order chi connectivity index (χ0) is 19.3. The number of aliphatic carboxylic acids is 2. The summed E-state index contributed by atoms with van der Waals surface area (Å²) in [6.07, 6.45) is 10.3. The van der Waals surface area contributed by atoms with Crippen LogP contribution in [0.4, 0.5) is 0 Å². The van der Waals surface area contributed by atoms with Gasteiger partial charge in [-0.3, -0.25) is 4.68 Å². The van der Waals surface area contributed by atoms with Crippen molar-refractivity contribution in [2.75, 3.05) is 7.11 Å². The van der Waals surface area contributed by atoms with Crippen LogP contribution in [0.2, 0.25) is 0 Å². The Hall–Kier alpha value is -3.13. The summed E-state index contributed by atoms with van der Waals surface area (Å²) in [5.41, 5.74) is 8.41. The van der Waals surface area contributed by atoms with Crippen LogP contribution in [0.3, 0.4) is 0 Å². The normalized spacial score (nSPS) is 15.7. The predicted molar refractivity (Wildman–Crippen MR) is 95.2 cm³/mol. The van der Waals surface area contributed by atoms with Gasteiger partial charge in [-0.15, -0.1) is 0 Å². The molecule has 8 heteroatoms. The van der Waals surface area contributed by atoms with E-state index in [-0.39, 0.29) is 6.04 Å². The highest BCUT2D eigenvalue weighted by Crippen LogP contribution is 2.26. The van der Waals surface area contributed by atoms with E-state index in [1.54, 1.807) is 7.11 Å². The van der Waals surface area contributed by atoms with Crippen molar-refractivity contribution in [1.29, 1.82) is 0 Å². The average molecular weight is 359 g/mol. The molecular weight excluding hydrogens is 338 g/mol. The molecule has 3 rings (SSSR count). The number of rotatable bonds is 5. The SMILES string of the molecule is COC1=CCC2=c3cnn(CC(C)N)c3=CC2=C1.O=C(O)C=CC(=O)O. The van der Waals surface area contributed by atoms with Gasteiger partial charge < -0.3 is 20.7 Å². The minimum atomic E-state index is -1.26. The van der Waals surface area contributed by atoms with Gasteiger partial charge in [-0.25, -0.2) is 9.59 Å². The number of carboxylic acids is 2. The van der Waals surface area contributed by atoms with E-state index in [4.69, 9.17) is 20.7 Å². The van der Waals surface area contributed by atoms with E-state index in [2.05, 4.69) is 23.3 Å². The first kappa shape index (κ1) is 19.2. The topological polar surface area (TPSA) is 128 Å². The van der Waals surface area contributed by atoms with E-state index in [9.17, 15) is 9.59 Å². The predicted octanol–water partition coefficient (Wildman–Crippen LogP) is -0.253. The minimum Gasteiger partial charge on any atom is -0.497 e. The Labute approximate surface area is 149 Å². The van der Waals surface area contributed by atoms with E-state index in [1.807, 2.05) is 17.8 Å². The van der Waals surface area contributed by atoms with Crippen molar-refractivity contribution < 1.29 is 24.5 Å². The number of ether oxygens (including phenoxy) is 1. The third-order valence-corrected chi connectivity index (χ3v) is 3.72. The first-order chi connectivity index (χ1) is 12.3. The molecule has 0 amide bonds. The summed E-state index contributed by atoms with van der Waals surface area (Å²) in [6.45, 7) is 2.74. The number of nitrogens with two attached hydrogens (primary N) is 1. The second-order valence-corrected chi connectivity index (χ2v) is 5.85. The van der Waals surface area contributed by atoms with Crippen LogP contribution in [-0.2, 0) is 20.9 Å². The zero-order valence-corrected chi connectivity index (χ0v) is 14.5. The fourth-order valence-electron chi connectivity index (χ4n) is 2.64. The van der Waals surface area contributed by atoms with Gasteiger partial charge in [-0.1, -0.05) is 0 Å². The van der Waals surface area contributed by atoms with Crippen molar-refractivity contribution >= 4 is 23.6 Å². The van der Waals surface area contributed by atoms with Gasteiger partial charge in [0.15, 0.2) is 0 Å². The molecule has 2 aliphatic rings. The molecule has 8 nitrogen and oxygen atoms in total. The van der Waals surface area contributed by atoms with Gasteiger partial charge in [-0.2, -0.15) is 5.10 Å². The zero-order valence-electron chi connectivity index (χ0n) is 14.5. The molecule has 26 heavy (non-hydrogen) atoms. The molecule has 2 aliphatic carbocycles. The van der Waals surface area contributed by atoms with Crippen LogP contribution in [0.25, 0.3) is 11.6 Å². The number of aromatic nitrogens is 2. The maximum absolute atomic E-state index is 9.55. The number of methoxy groups -OCH3 is 1. The lowest BCUT2D eigenvalue weighted by atomic mass is 9.99. The Kier molecular flexibility index (Phi) is 6.13. The Morgan fingerprint density at radius 3 is 2.54 bits per heavy atom. The second-order valence-electron chi connectivity index (χ2n) is 5.85. The summed E-state index contributed by atoms with van der Waals surface area (Å²) >= 11 is 0. The van der Waals surface area contributed by atoms with E-state index >= 15 is 0 Å². The molecule has 1 heterocycles. The third kappa shape index (κ3) is 4.70. The second kappa shape index (κ2) is 8.30. The number of carbonyl (C=O) groups is 2. The van der Waals surface area contributed by atoms with E-state index in [1.165, 1.54) is 21.7 Å². The van der Waals surface area contributed by atoms with Crippen LogP contribution in [0.15, 0.2) is 41.8 Å². The molecule has 4 N–H and O–H groups in total. The molecule has 0 radical (unpaired) electrons. The summed E-state index contributed by atoms with van der Waals surface area (Å²) in [5.74, 6) is -1.58. The summed E-state index contributed by atoms with van der Waals surface area (Å²) in [6, 6.07) is 0.108. The molecule has 0 spiro atoms. The molecule has 0 bridgehead atoms. The summed E-state index contributed by atoms with van der Waals surface area (Å²) in [4.78, 5) is 19.1. The molecule has 0 saturated carbocycles. The molecule has 0 fully saturated rings. The smallest absolute Gasteiger partial charge is 0.328 e. The highest BCUT2D eigenvalue weighted by atomic mass is 16.5. The Bertz CT molecular complexity index is 903.